The van der Waals surface area contributed by atoms with Crippen molar-refractivity contribution in [3.63, 3.8) is 0 Å². The highest BCUT2D eigenvalue weighted by molar-refractivity contribution is 5.87. The molecule has 1 aliphatic rings. The number of hydrogen-bond donors (Lipinski definition) is 6. The van der Waals surface area contributed by atoms with Crippen molar-refractivity contribution in [1.29, 1.82) is 0 Å². The highest BCUT2D eigenvalue weighted by Crippen LogP contribution is 2.31. The number of carbonyl (C=O) groups excluding carboxylic acids is 3. The van der Waals surface area contributed by atoms with Gasteiger partial charge in [-0.1, -0.05) is 118 Å². The van der Waals surface area contributed by atoms with Crippen LogP contribution in [0.2, 0.25) is 0 Å². The Hall–Kier alpha value is -5.23. The number of amides is 3. The van der Waals surface area contributed by atoms with Gasteiger partial charge in [-0.15, -0.1) is 0 Å². The lowest BCUT2D eigenvalue weighted by molar-refractivity contribution is -0.131. The Balaban J connectivity index is 1.40. The third-order valence-corrected chi connectivity index (χ3v) is 9.53. The summed E-state index contributed by atoms with van der Waals surface area (Å²) in [6.45, 7) is 8.11. The van der Waals surface area contributed by atoms with E-state index in [2.05, 4.69) is 21.3 Å². The molecule has 3 amide bonds. The summed E-state index contributed by atoms with van der Waals surface area (Å²) in [7, 11) is 0. The summed E-state index contributed by atoms with van der Waals surface area (Å²) in [6, 6.07) is 29.5. The third-order valence-electron chi connectivity index (χ3n) is 9.53. The Morgan fingerprint density at radius 2 is 1.43 bits per heavy atom. The average Bonchev–Trinajstić information content (AvgIpc) is 3.47. The third kappa shape index (κ3) is 10.9. The van der Waals surface area contributed by atoms with Gasteiger partial charge in [-0.25, -0.2) is 4.79 Å². The molecule has 0 bridgehead atoms. The van der Waals surface area contributed by atoms with Crippen molar-refractivity contribution in [3.05, 3.63) is 137 Å². The molecule has 6 N–H and O–H groups in total. The number of aliphatic hydroxyl groups excluding tert-OH is 2. The summed E-state index contributed by atoms with van der Waals surface area (Å²) < 4.78 is 11.0. The van der Waals surface area contributed by atoms with Crippen LogP contribution in [-0.4, -0.2) is 65.1 Å². The van der Waals surface area contributed by atoms with Gasteiger partial charge in [-0.2, -0.15) is 0 Å². The van der Waals surface area contributed by atoms with E-state index in [1.165, 1.54) is 0 Å². The van der Waals surface area contributed by atoms with Gasteiger partial charge in [0.1, 0.15) is 24.4 Å². The standard InChI is InChI=1S/C43H52N4O7/c1-5-53-32-22-20-29(21-23-32)26-44-37(40(50)46-36-33-19-13-12-18-31(33)25-35(36)48)38(49)34(24-28-14-8-6-9-15-28)45-41(51)39(43(2,3)4)47-42(52)54-27-30-16-10-7-11-17-30/h6-23,34-39,44,48-49H,5,24-27H2,1-4H3,(H,45,51)(H,46,50)(H,47,52)/t34-,35?,36?,37+,38+,39+/m0/s1. The predicted molar refractivity (Wildman–Crippen MR) is 206 cm³/mol. The zero-order valence-electron chi connectivity index (χ0n) is 31.3. The summed E-state index contributed by atoms with van der Waals surface area (Å²) in [5.74, 6) is -0.387. The molecule has 54 heavy (non-hydrogen) atoms. The van der Waals surface area contributed by atoms with Crippen LogP contribution in [-0.2, 0) is 40.3 Å². The first-order chi connectivity index (χ1) is 25.9. The van der Waals surface area contributed by atoms with Crippen LogP contribution < -0.4 is 26.0 Å². The van der Waals surface area contributed by atoms with Crippen molar-refractivity contribution in [2.45, 2.75) is 90.1 Å². The minimum Gasteiger partial charge on any atom is -0.494 e. The van der Waals surface area contributed by atoms with Crippen LogP contribution in [0, 0.1) is 5.41 Å². The molecular weight excluding hydrogens is 684 g/mol. The van der Waals surface area contributed by atoms with Crippen molar-refractivity contribution in [3.8, 4) is 5.75 Å². The van der Waals surface area contributed by atoms with Gasteiger partial charge in [0.25, 0.3) is 0 Å². The molecule has 11 heteroatoms. The molecule has 0 aromatic heterocycles. The monoisotopic (exact) mass is 736 g/mol. The number of ether oxygens (including phenoxy) is 2. The number of aliphatic hydroxyl groups is 2. The molecule has 4 aromatic rings. The Labute approximate surface area is 317 Å². The van der Waals surface area contributed by atoms with Gasteiger partial charge < -0.3 is 35.6 Å². The summed E-state index contributed by atoms with van der Waals surface area (Å²) in [4.78, 5) is 41.4. The van der Waals surface area contributed by atoms with E-state index in [1.807, 2.05) is 137 Å². The maximum absolute atomic E-state index is 14.3. The van der Waals surface area contributed by atoms with Gasteiger partial charge in [0.2, 0.25) is 11.8 Å². The van der Waals surface area contributed by atoms with Crippen molar-refractivity contribution in [1.82, 2.24) is 21.3 Å². The number of benzene rings is 4. The van der Waals surface area contributed by atoms with Crippen LogP contribution in [0.5, 0.6) is 5.75 Å². The number of fused-ring (bicyclic) bond motifs is 1. The zero-order valence-corrected chi connectivity index (χ0v) is 31.3. The number of carbonyl (C=O) groups is 3. The van der Waals surface area contributed by atoms with Crippen LogP contribution in [0.3, 0.4) is 0 Å². The van der Waals surface area contributed by atoms with Crippen molar-refractivity contribution in [2.75, 3.05) is 6.61 Å². The summed E-state index contributed by atoms with van der Waals surface area (Å²) in [6.07, 6.45) is -2.52. The second kappa shape index (κ2) is 18.7. The van der Waals surface area contributed by atoms with E-state index in [-0.39, 0.29) is 19.6 Å². The first kappa shape index (κ1) is 40.0. The van der Waals surface area contributed by atoms with Gasteiger partial charge in [-0.3, -0.25) is 14.9 Å². The van der Waals surface area contributed by atoms with Crippen LogP contribution in [0.25, 0.3) is 0 Å². The predicted octanol–water partition coefficient (Wildman–Crippen LogP) is 4.75. The van der Waals surface area contributed by atoms with Crippen LogP contribution in [0.4, 0.5) is 4.79 Å². The normalized spacial score (nSPS) is 17.3. The van der Waals surface area contributed by atoms with Gasteiger partial charge in [-0.05, 0) is 58.7 Å². The molecule has 286 valence electrons. The van der Waals surface area contributed by atoms with Crippen LogP contribution in [0.1, 0.15) is 61.6 Å². The Morgan fingerprint density at radius 3 is 2.07 bits per heavy atom. The molecule has 11 nitrogen and oxygen atoms in total. The molecular formula is C43H52N4O7. The lowest BCUT2D eigenvalue weighted by Crippen LogP contribution is -2.62. The average molecular weight is 737 g/mol. The topological polar surface area (TPSA) is 158 Å². The smallest absolute Gasteiger partial charge is 0.408 e. The highest BCUT2D eigenvalue weighted by Gasteiger charge is 2.40. The van der Waals surface area contributed by atoms with E-state index in [1.54, 1.807) is 0 Å². The molecule has 6 atom stereocenters. The molecule has 1 aliphatic carbocycles. The zero-order chi connectivity index (χ0) is 38.7. The fourth-order valence-electron chi connectivity index (χ4n) is 6.64. The summed E-state index contributed by atoms with van der Waals surface area (Å²) >= 11 is 0. The molecule has 0 spiro atoms. The Kier molecular flexibility index (Phi) is 13.8. The van der Waals surface area contributed by atoms with Gasteiger partial charge in [0, 0.05) is 13.0 Å². The fraction of sp³-hybridized carbons (Fsp3) is 0.372. The summed E-state index contributed by atoms with van der Waals surface area (Å²) in [5.41, 5.74) is 3.44. The first-order valence-electron chi connectivity index (χ1n) is 18.4. The SMILES string of the molecule is CCOc1ccc(CN[C@@H](C(=O)NC2c3ccccc3CC2O)[C@H](O)[C@H](Cc2ccccc2)NC(=O)[C@@H](NC(=O)OCc2ccccc2)C(C)(C)C)cc1. The van der Waals surface area contributed by atoms with Crippen LogP contribution in [0.15, 0.2) is 109 Å². The Bertz CT molecular complexity index is 1820. The van der Waals surface area contributed by atoms with Crippen molar-refractivity contribution >= 4 is 17.9 Å². The van der Waals surface area contributed by atoms with E-state index in [0.29, 0.717) is 18.8 Å². The number of hydrogen-bond acceptors (Lipinski definition) is 8. The quantitative estimate of drug-likeness (QED) is 0.0963. The lowest BCUT2D eigenvalue weighted by Gasteiger charge is -2.35. The molecule has 0 aliphatic heterocycles. The molecule has 0 saturated heterocycles. The molecule has 0 saturated carbocycles. The van der Waals surface area contributed by atoms with Gasteiger partial charge in [0.15, 0.2) is 0 Å². The van der Waals surface area contributed by atoms with Crippen molar-refractivity contribution in [2.24, 2.45) is 5.41 Å². The lowest BCUT2D eigenvalue weighted by atomic mass is 9.85. The Morgan fingerprint density at radius 1 is 0.796 bits per heavy atom. The second-order valence-corrected chi connectivity index (χ2v) is 14.7. The van der Waals surface area contributed by atoms with Crippen molar-refractivity contribution < 1.29 is 34.1 Å². The van der Waals surface area contributed by atoms with E-state index in [4.69, 9.17) is 9.47 Å². The maximum Gasteiger partial charge on any atom is 0.408 e. The number of nitrogens with one attached hydrogen (secondary N) is 4. The van der Waals surface area contributed by atoms with E-state index in [0.717, 1.165) is 27.8 Å². The highest BCUT2D eigenvalue weighted by atomic mass is 16.5. The van der Waals surface area contributed by atoms with Gasteiger partial charge in [0.05, 0.1) is 30.9 Å². The minimum atomic E-state index is -1.46. The van der Waals surface area contributed by atoms with E-state index in [9.17, 15) is 24.6 Å². The molecule has 2 unspecified atom stereocenters. The van der Waals surface area contributed by atoms with Gasteiger partial charge >= 0.3 is 6.09 Å². The molecule has 0 fully saturated rings. The maximum atomic E-state index is 14.3. The number of alkyl carbamates (subject to hydrolysis) is 1. The van der Waals surface area contributed by atoms with E-state index >= 15 is 0 Å². The molecule has 4 aromatic carbocycles. The largest absolute Gasteiger partial charge is 0.494 e. The minimum absolute atomic E-state index is 0.0253. The second-order valence-electron chi connectivity index (χ2n) is 14.7. The first-order valence-corrected chi connectivity index (χ1v) is 18.4. The molecule has 0 radical (unpaired) electrons. The van der Waals surface area contributed by atoms with E-state index < -0.39 is 59.7 Å². The number of rotatable bonds is 16. The molecule has 5 rings (SSSR count). The summed E-state index contributed by atoms with van der Waals surface area (Å²) in [5, 5.41) is 35.1. The molecule has 0 heterocycles. The van der Waals surface area contributed by atoms with Crippen LogP contribution >= 0.6 is 0 Å². The fourth-order valence-corrected chi connectivity index (χ4v) is 6.64.